The number of carbonyl (C=O) groups is 1. The summed E-state index contributed by atoms with van der Waals surface area (Å²) in [7, 11) is 0. The lowest BCUT2D eigenvalue weighted by atomic mass is 10.2. The zero-order valence-electron chi connectivity index (χ0n) is 7.87. The molecule has 2 rings (SSSR count). The monoisotopic (exact) mass is 209 g/mol. The van der Waals surface area contributed by atoms with Gasteiger partial charge in [-0.1, -0.05) is 23.7 Å². The molecular weight excluding hydrogens is 198 g/mol. The lowest BCUT2D eigenvalue weighted by Crippen LogP contribution is -2.27. The average Bonchev–Trinajstić information content (AvgIpc) is 2.70. The fourth-order valence-electron chi connectivity index (χ4n) is 1.73. The number of likely N-dealkylation sites (tertiary alicyclic amines) is 1. The zero-order valence-corrected chi connectivity index (χ0v) is 8.63. The molecule has 1 fully saturated rings. The van der Waals surface area contributed by atoms with E-state index in [1.807, 2.05) is 17.0 Å². The fraction of sp³-hybridized carbons (Fsp3) is 0.364. The van der Waals surface area contributed by atoms with Crippen LogP contribution in [0.3, 0.4) is 0 Å². The zero-order chi connectivity index (χ0) is 9.97. The van der Waals surface area contributed by atoms with Crippen LogP contribution in [0.25, 0.3) is 0 Å². The smallest absolute Gasteiger partial charge is 0.255 e. The number of nitrogens with zero attached hydrogens (tertiary/aromatic N) is 1. The average molecular weight is 210 g/mol. The lowest BCUT2D eigenvalue weighted by molar-refractivity contribution is 0.0793. The molecule has 14 heavy (non-hydrogen) atoms. The molecule has 1 saturated heterocycles. The molecule has 3 heteroatoms. The Kier molecular flexibility index (Phi) is 2.73. The van der Waals surface area contributed by atoms with E-state index in [1.165, 1.54) is 0 Å². The van der Waals surface area contributed by atoms with Crippen molar-refractivity contribution in [1.82, 2.24) is 4.90 Å². The first-order valence-electron chi connectivity index (χ1n) is 4.83. The van der Waals surface area contributed by atoms with Gasteiger partial charge in [0.2, 0.25) is 0 Å². The highest BCUT2D eigenvalue weighted by atomic mass is 35.5. The molecule has 74 valence electrons. The maximum absolute atomic E-state index is 11.9. The van der Waals surface area contributed by atoms with Crippen molar-refractivity contribution in [3.05, 3.63) is 34.9 Å². The highest BCUT2D eigenvalue weighted by Crippen LogP contribution is 2.19. The van der Waals surface area contributed by atoms with Crippen molar-refractivity contribution in [1.29, 1.82) is 0 Å². The molecule has 0 saturated carbocycles. The van der Waals surface area contributed by atoms with Crippen LogP contribution in [-0.4, -0.2) is 23.9 Å². The van der Waals surface area contributed by atoms with E-state index in [1.54, 1.807) is 12.1 Å². The normalized spacial score (nSPS) is 15.9. The minimum atomic E-state index is 0.0631. The maximum Gasteiger partial charge on any atom is 0.255 e. The third kappa shape index (κ3) is 1.75. The number of halogens is 1. The van der Waals surface area contributed by atoms with Gasteiger partial charge in [0.1, 0.15) is 0 Å². The minimum absolute atomic E-state index is 0.0631. The van der Waals surface area contributed by atoms with Gasteiger partial charge in [0.15, 0.2) is 0 Å². The van der Waals surface area contributed by atoms with Crippen molar-refractivity contribution in [3.8, 4) is 0 Å². The molecule has 1 aliphatic rings. The Morgan fingerprint density at radius 2 is 1.86 bits per heavy atom. The van der Waals surface area contributed by atoms with Gasteiger partial charge in [0, 0.05) is 13.1 Å². The van der Waals surface area contributed by atoms with Gasteiger partial charge in [-0.15, -0.1) is 0 Å². The Morgan fingerprint density at radius 3 is 2.50 bits per heavy atom. The van der Waals surface area contributed by atoms with Gasteiger partial charge >= 0.3 is 0 Å². The molecule has 2 nitrogen and oxygen atoms in total. The van der Waals surface area contributed by atoms with Crippen LogP contribution in [0.2, 0.25) is 5.02 Å². The third-order valence-electron chi connectivity index (χ3n) is 2.50. The van der Waals surface area contributed by atoms with E-state index < -0.39 is 0 Å². The quantitative estimate of drug-likeness (QED) is 0.696. The molecule has 0 bridgehead atoms. The summed E-state index contributed by atoms with van der Waals surface area (Å²) in [6, 6.07) is 7.21. The van der Waals surface area contributed by atoms with Crippen LogP contribution in [0.4, 0.5) is 0 Å². The first-order valence-corrected chi connectivity index (χ1v) is 5.20. The van der Waals surface area contributed by atoms with Crippen LogP contribution >= 0.6 is 11.6 Å². The van der Waals surface area contributed by atoms with E-state index in [9.17, 15) is 4.79 Å². The third-order valence-corrected chi connectivity index (χ3v) is 2.83. The number of hydrogen-bond donors (Lipinski definition) is 0. The van der Waals surface area contributed by atoms with Crippen molar-refractivity contribution in [2.24, 2.45) is 0 Å². The second-order valence-electron chi connectivity index (χ2n) is 3.48. The molecular formula is C11H12ClNO. The molecule has 0 unspecified atom stereocenters. The van der Waals surface area contributed by atoms with Crippen molar-refractivity contribution in [2.75, 3.05) is 13.1 Å². The molecule has 1 amide bonds. The molecule has 1 aromatic rings. The second-order valence-corrected chi connectivity index (χ2v) is 3.89. The van der Waals surface area contributed by atoms with E-state index in [0.29, 0.717) is 10.6 Å². The van der Waals surface area contributed by atoms with E-state index in [0.717, 1.165) is 25.9 Å². The molecule has 1 heterocycles. The standard InChI is InChI=1S/C11H12ClNO/c12-10-6-2-1-5-9(10)11(14)13-7-3-4-8-13/h1-2,5-6H,3-4,7-8H2. The van der Waals surface area contributed by atoms with Crippen LogP contribution in [0.5, 0.6) is 0 Å². The number of amides is 1. The predicted octanol–water partition coefficient (Wildman–Crippen LogP) is 2.58. The number of rotatable bonds is 1. The van der Waals surface area contributed by atoms with E-state index in [2.05, 4.69) is 0 Å². The molecule has 1 aromatic carbocycles. The predicted molar refractivity (Wildman–Crippen MR) is 56.6 cm³/mol. The summed E-state index contributed by atoms with van der Waals surface area (Å²) in [5.41, 5.74) is 0.621. The van der Waals surface area contributed by atoms with Crippen LogP contribution in [0.1, 0.15) is 23.2 Å². The molecule has 0 spiro atoms. The van der Waals surface area contributed by atoms with Crippen LogP contribution < -0.4 is 0 Å². The molecule has 0 N–H and O–H groups in total. The van der Waals surface area contributed by atoms with Gasteiger partial charge in [-0.3, -0.25) is 4.79 Å². The summed E-state index contributed by atoms with van der Waals surface area (Å²) in [5, 5.41) is 0.546. The van der Waals surface area contributed by atoms with E-state index in [4.69, 9.17) is 11.6 Å². The highest BCUT2D eigenvalue weighted by molar-refractivity contribution is 6.33. The largest absolute Gasteiger partial charge is 0.339 e. The molecule has 0 atom stereocenters. The van der Waals surface area contributed by atoms with E-state index in [-0.39, 0.29) is 5.91 Å². The molecule has 0 aromatic heterocycles. The van der Waals surface area contributed by atoms with Gasteiger partial charge < -0.3 is 4.90 Å². The highest BCUT2D eigenvalue weighted by Gasteiger charge is 2.20. The summed E-state index contributed by atoms with van der Waals surface area (Å²) in [4.78, 5) is 13.8. The number of benzene rings is 1. The van der Waals surface area contributed by atoms with Gasteiger partial charge in [-0.2, -0.15) is 0 Å². The Balaban J connectivity index is 2.22. The summed E-state index contributed by atoms with van der Waals surface area (Å²) in [6.07, 6.45) is 2.21. The van der Waals surface area contributed by atoms with Gasteiger partial charge in [-0.25, -0.2) is 0 Å². The first-order chi connectivity index (χ1) is 6.79. The molecule has 1 aliphatic heterocycles. The Morgan fingerprint density at radius 1 is 1.21 bits per heavy atom. The van der Waals surface area contributed by atoms with Crippen molar-refractivity contribution in [3.63, 3.8) is 0 Å². The van der Waals surface area contributed by atoms with E-state index >= 15 is 0 Å². The lowest BCUT2D eigenvalue weighted by Gasteiger charge is -2.15. The van der Waals surface area contributed by atoms with Crippen LogP contribution in [-0.2, 0) is 0 Å². The SMILES string of the molecule is O=C(c1ccccc1Cl)N1CCCC1. The summed E-state index contributed by atoms with van der Waals surface area (Å²) in [5.74, 6) is 0.0631. The number of carbonyl (C=O) groups excluding carboxylic acids is 1. The van der Waals surface area contributed by atoms with Crippen LogP contribution in [0, 0.1) is 0 Å². The molecule has 0 radical (unpaired) electrons. The number of hydrogen-bond acceptors (Lipinski definition) is 1. The Labute approximate surface area is 88.5 Å². The molecule has 0 aliphatic carbocycles. The maximum atomic E-state index is 11.9. The Hall–Kier alpha value is -1.02. The van der Waals surface area contributed by atoms with Gasteiger partial charge in [0.25, 0.3) is 5.91 Å². The van der Waals surface area contributed by atoms with Crippen molar-refractivity contribution in [2.45, 2.75) is 12.8 Å². The minimum Gasteiger partial charge on any atom is -0.339 e. The summed E-state index contributed by atoms with van der Waals surface area (Å²) >= 11 is 5.95. The second kappa shape index (κ2) is 4.01. The van der Waals surface area contributed by atoms with Gasteiger partial charge in [0.05, 0.1) is 10.6 Å². The van der Waals surface area contributed by atoms with Crippen molar-refractivity contribution >= 4 is 17.5 Å². The Bertz CT molecular complexity index is 345. The van der Waals surface area contributed by atoms with Crippen molar-refractivity contribution < 1.29 is 4.79 Å². The first kappa shape index (κ1) is 9.53. The fourth-order valence-corrected chi connectivity index (χ4v) is 1.94. The summed E-state index contributed by atoms with van der Waals surface area (Å²) < 4.78 is 0. The van der Waals surface area contributed by atoms with Crippen LogP contribution in [0.15, 0.2) is 24.3 Å². The summed E-state index contributed by atoms with van der Waals surface area (Å²) in [6.45, 7) is 1.73. The topological polar surface area (TPSA) is 20.3 Å². The van der Waals surface area contributed by atoms with Gasteiger partial charge in [-0.05, 0) is 25.0 Å².